The molecule has 2 aromatic rings. The highest BCUT2D eigenvalue weighted by Crippen LogP contribution is 2.34. The summed E-state index contributed by atoms with van der Waals surface area (Å²) in [6.07, 6.45) is 3.00. The number of amides is 1. The maximum Gasteiger partial charge on any atom is 0.308 e. The van der Waals surface area contributed by atoms with Crippen molar-refractivity contribution in [3.63, 3.8) is 0 Å². The average Bonchev–Trinajstić information content (AvgIpc) is 3.16. The van der Waals surface area contributed by atoms with Crippen LogP contribution in [0.1, 0.15) is 18.4 Å². The fourth-order valence-corrected chi connectivity index (χ4v) is 3.04. The van der Waals surface area contributed by atoms with Gasteiger partial charge >= 0.3 is 5.97 Å². The molecule has 0 aromatic heterocycles. The van der Waals surface area contributed by atoms with Gasteiger partial charge in [-0.25, -0.2) is 0 Å². The molecule has 3 rings (SSSR count). The molecule has 0 saturated heterocycles. The number of rotatable bonds is 8. The molecule has 1 atom stereocenters. The number of benzene rings is 2. The highest BCUT2D eigenvalue weighted by atomic mass is 16.7. The minimum atomic E-state index is -1.67. The molecule has 1 amide bonds. The number of hydrogen-bond donors (Lipinski definition) is 2. The van der Waals surface area contributed by atoms with Gasteiger partial charge in [-0.15, -0.1) is 0 Å². The molecule has 8 heteroatoms. The van der Waals surface area contributed by atoms with Crippen LogP contribution in [0.2, 0.25) is 0 Å². The standard InChI is InChI=1S/C22H22N2O6/c1-28-17-10-11-19(29-2)18(12-17)23-21(27)22(14-20(25)26)13-16(24-30-22)9-8-15-6-4-3-5-7-15/h3-12H,13-14H2,1-2H3,(H,23,27)(H,25,26)/b9-8+/t22-/m0/s1. The number of nitrogens with zero attached hydrogens (tertiary/aromatic N) is 1. The molecule has 0 bridgehead atoms. The van der Waals surface area contributed by atoms with Gasteiger partial charge in [0, 0.05) is 12.5 Å². The van der Waals surface area contributed by atoms with Crippen LogP contribution in [0.4, 0.5) is 5.69 Å². The number of oxime groups is 1. The fourth-order valence-electron chi connectivity index (χ4n) is 3.04. The van der Waals surface area contributed by atoms with E-state index in [4.69, 9.17) is 14.3 Å². The Bertz CT molecular complexity index is 986. The second-order valence-electron chi connectivity index (χ2n) is 6.68. The number of allylic oxidation sites excluding steroid dienone is 1. The van der Waals surface area contributed by atoms with Crippen molar-refractivity contribution < 1.29 is 29.0 Å². The summed E-state index contributed by atoms with van der Waals surface area (Å²) >= 11 is 0. The van der Waals surface area contributed by atoms with E-state index in [1.165, 1.54) is 14.2 Å². The van der Waals surface area contributed by atoms with Gasteiger partial charge < -0.3 is 24.7 Å². The van der Waals surface area contributed by atoms with E-state index in [1.54, 1.807) is 24.3 Å². The number of carbonyl (C=O) groups excluding carboxylic acids is 1. The summed E-state index contributed by atoms with van der Waals surface area (Å²) in [6, 6.07) is 14.4. The Morgan fingerprint density at radius 1 is 1.17 bits per heavy atom. The smallest absolute Gasteiger partial charge is 0.308 e. The minimum Gasteiger partial charge on any atom is -0.497 e. The van der Waals surface area contributed by atoms with Crippen LogP contribution in [0, 0.1) is 0 Å². The van der Waals surface area contributed by atoms with Crippen molar-refractivity contribution in [1.82, 2.24) is 0 Å². The summed E-state index contributed by atoms with van der Waals surface area (Å²) in [7, 11) is 2.96. The van der Waals surface area contributed by atoms with Crippen molar-refractivity contribution in [2.45, 2.75) is 18.4 Å². The summed E-state index contributed by atoms with van der Waals surface area (Å²) in [5.41, 5.74) is 0.0777. The summed E-state index contributed by atoms with van der Waals surface area (Å²) in [5.74, 6) is -0.902. The molecule has 1 heterocycles. The zero-order valence-corrected chi connectivity index (χ0v) is 16.6. The predicted octanol–water partition coefficient (Wildman–Crippen LogP) is 3.35. The van der Waals surface area contributed by atoms with E-state index in [9.17, 15) is 14.7 Å². The van der Waals surface area contributed by atoms with E-state index in [2.05, 4.69) is 10.5 Å². The third-order valence-electron chi connectivity index (χ3n) is 4.58. The Kier molecular flexibility index (Phi) is 6.36. The topological polar surface area (TPSA) is 106 Å². The Hall–Kier alpha value is -3.81. The van der Waals surface area contributed by atoms with Crippen LogP contribution in [0.5, 0.6) is 11.5 Å². The first-order valence-electron chi connectivity index (χ1n) is 9.19. The highest BCUT2D eigenvalue weighted by molar-refractivity contribution is 6.08. The normalized spacial score (nSPS) is 17.9. The third-order valence-corrected chi connectivity index (χ3v) is 4.58. The van der Waals surface area contributed by atoms with Crippen LogP contribution in [0.15, 0.2) is 59.8 Å². The number of carboxylic acid groups (broad SMARTS) is 1. The molecule has 1 aliphatic heterocycles. The molecule has 0 saturated carbocycles. The number of aliphatic carboxylic acids is 1. The third kappa shape index (κ3) is 4.78. The minimum absolute atomic E-state index is 0.0146. The summed E-state index contributed by atoms with van der Waals surface area (Å²) < 4.78 is 10.4. The van der Waals surface area contributed by atoms with Gasteiger partial charge in [-0.3, -0.25) is 9.59 Å². The molecule has 2 aromatic carbocycles. The van der Waals surface area contributed by atoms with Crippen LogP contribution in [0.25, 0.3) is 6.08 Å². The van der Waals surface area contributed by atoms with Gasteiger partial charge in [-0.05, 0) is 23.8 Å². The van der Waals surface area contributed by atoms with E-state index in [-0.39, 0.29) is 6.42 Å². The Balaban J connectivity index is 1.80. The van der Waals surface area contributed by atoms with Gasteiger partial charge in [0.2, 0.25) is 5.60 Å². The molecule has 156 valence electrons. The Morgan fingerprint density at radius 2 is 1.93 bits per heavy atom. The average molecular weight is 410 g/mol. The van der Waals surface area contributed by atoms with Gasteiger partial charge in [-0.1, -0.05) is 41.6 Å². The lowest BCUT2D eigenvalue weighted by atomic mass is 9.92. The molecule has 0 unspecified atom stereocenters. The SMILES string of the molecule is COc1ccc(OC)c(NC(=O)[C@@]2(CC(=O)O)CC(/C=C/c3ccccc3)=NO2)c1. The fraction of sp³-hybridized carbons (Fsp3) is 0.227. The van der Waals surface area contributed by atoms with Crippen LogP contribution in [-0.2, 0) is 14.4 Å². The van der Waals surface area contributed by atoms with Crippen molar-refractivity contribution in [3.8, 4) is 11.5 Å². The van der Waals surface area contributed by atoms with Crippen molar-refractivity contribution >= 4 is 29.4 Å². The monoisotopic (exact) mass is 410 g/mol. The first-order chi connectivity index (χ1) is 14.5. The Morgan fingerprint density at radius 3 is 2.60 bits per heavy atom. The number of hydrogen-bond acceptors (Lipinski definition) is 6. The first kappa shape index (κ1) is 20.9. The van der Waals surface area contributed by atoms with Gasteiger partial charge in [0.05, 0.1) is 32.0 Å². The molecule has 0 aliphatic carbocycles. The molecule has 30 heavy (non-hydrogen) atoms. The lowest BCUT2D eigenvalue weighted by Gasteiger charge is -2.24. The molecular formula is C22H22N2O6. The largest absolute Gasteiger partial charge is 0.497 e. The van der Waals surface area contributed by atoms with Crippen LogP contribution in [0.3, 0.4) is 0 Å². The predicted molar refractivity (Wildman–Crippen MR) is 112 cm³/mol. The lowest BCUT2D eigenvalue weighted by molar-refractivity contribution is -0.152. The lowest BCUT2D eigenvalue weighted by Crippen LogP contribution is -2.45. The molecule has 0 fully saturated rings. The van der Waals surface area contributed by atoms with Gasteiger partial charge in [0.25, 0.3) is 5.91 Å². The molecule has 2 N–H and O–H groups in total. The molecular weight excluding hydrogens is 388 g/mol. The number of methoxy groups -OCH3 is 2. The number of anilines is 1. The van der Waals surface area contributed by atoms with E-state index in [0.717, 1.165) is 5.56 Å². The summed E-state index contributed by atoms with van der Waals surface area (Å²) in [6.45, 7) is 0. The Labute approximate surface area is 173 Å². The zero-order chi connectivity index (χ0) is 21.6. The maximum absolute atomic E-state index is 13.1. The number of nitrogens with one attached hydrogen (secondary N) is 1. The van der Waals surface area contributed by atoms with Gasteiger partial charge in [0.15, 0.2) is 0 Å². The number of carbonyl (C=O) groups is 2. The summed E-state index contributed by atoms with van der Waals surface area (Å²) in [4.78, 5) is 29.9. The van der Waals surface area contributed by atoms with Gasteiger partial charge in [-0.2, -0.15) is 0 Å². The van der Waals surface area contributed by atoms with Crippen molar-refractivity contribution in [1.29, 1.82) is 0 Å². The van der Waals surface area contributed by atoms with Crippen LogP contribution in [-0.4, -0.2) is 42.5 Å². The highest BCUT2D eigenvalue weighted by Gasteiger charge is 2.48. The van der Waals surface area contributed by atoms with Crippen molar-refractivity contribution in [2.75, 3.05) is 19.5 Å². The second kappa shape index (κ2) is 9.13. The molecule has 1 aliphatic rings. The summed E-state index contributed by atoms with van der Waals surface area (Å²) in [5, 5.41) is 16.0. The maximum atomic E-state index is 13.1. The quantitative estimate of drug-likeness (QED) is 0.691. The van der Waals surface area contributed by atoms with E-state index < -0.39 is 23.9 Å². The molecule has 0 radical (unpaired) electrons. The first-order valence-corrected chi connectivity index (χ1v) is 9.19. The molecule has 0 spiro atoms. The van der Waals surface area contributed by atoms with E-state index in [1.807, 2.05) is 36.4 Å². The number of carboxylic acids is 1. The van der Waals surface area contributed by atoms with Crippen molar-refractivity contribution in [2.24, 2.45) is 5.16 Å². The van der Waals surface area contributed by atoms with Crippen molar-refractivity contribution in [3.05, 3.63) is 60.2 Å². The molecule has 8 nitrogen and oxygen atoms in total. The van der Waals surface area contributed by atoms with Gasteiger partial charge in [0.1, 0.15) is 11.5 Å². The van der Waals surface area contributed by atoms with E-state index in [0.29, 0.717) is 22.9 Å². The van der Waals surface area contributed by atoms with E-state index >= 15 is 0 Å². The zero-order valence-electron chi connectivity index (χ0n) is 16.6. The number of ether oxygens (including phenoxy) is 2. The van der Waals surface area contributed by atoms with Crippen LogP contribution >= 0.6 is 0 Å². The second-order valence-corrected chi connectivity index (χ2v) is 6.68. The van der Waals surface area contributed by atoms with Crippen LogP contribution < -0.4 is 14.8 Å².